The van der Waals surface area contributed by atoms with E-state index in [1.165, 1.54) is 0 Å². The van der Waals surface area contributed by atoms with E-state index in [2.05, 4.69) is 10.6 Å². The molecule has 0 spiro atoms. The first-order chi connectivity index (χ1) is 11.0. The van der Waals surface area contributed by atoms with Crippen LogP contribution in [0.3, 0.4) is 0 Å². The van der Waals surface area contributed by atoms with Crippen molar-refractivity contribution in [1.82, 2.24) is 0 Å². The molecule has 0 aliphatic rings. The SMILES string of the molecule is CCCC(C)(N)C(=O)Nc1ccc(CNc2ccccc2)cc1. The van der Waals surface area contributed by atoms with Gasteiger partial charge in [-0.1, -0.05) is 43.7 Å². The number of carbonyl (C=O) groups excluding carboxylic acids is 1. The fourth-order valence-electron chi connectivity index (χ4n) is 2.37. The first-order valence-electron chi connectivity index (χ1n) is 7.99. The zero-order valence-electron chi connectivity index (χ0n) is 13.8. The lowest BCUT2D eigenvalue weighted by atomic mass is 9.96. The van der Waals surface area contributed by atoms with E-state index >= 15 is 0 Å². The van der Waals surface area contributed by atoms with Crippen molar-refractivity contribution in [3.8, 4) is 0 Å². The molecular weight excluding hydrogens is 286 g/mol. The number of nitrogens with two attached hydrogens (primary N) is 1. The highest BCUT2D eigenvalue weighted by Gasteiger charge is 2.26. The molecule has 4 nitrogen and oxygen atoms in total. The summed E-state index contributed by atoms with van der Waals surface area (Å²) in [7, 11) is 0. The van der Waals surface area contributed by atoms with Crippen LogP contribution in [0.1, 0.15) is 32.3 Å². The lowest BCUT2D eigenvalue weighted by Gasteiger charge is -2.22. The lowest BCUT2D eigenvalue weighted by molar-refractivity contribution is -0.120. The third kappa shape index (κ3) is 5.11. The van der Waals surface area contributed by atoms with Crippen molar-refractivity contribution in [3.63, 3.8) is 0 Å². The summed E-state index contributed by atoms with van der Waals surface area (Å²) in [6.45, 7) is 4.53. The molecule has 2 rings (SSSR count). The zero-order valence-corrected chi connectivity index (χ0v) is 13.8. The fraction of sp³-hybridized carbons (Fsp3) is 0.316. The topological polar surface area (TPSA) is 67.2 Å². The molecule has 2 aromatic rings. The molecule has 0 aliphatic carbocycles. The second-order valence-corrected chi connectivity index (χ2v) is 6.04. The molecule has 0 saturated carbocycles. The summed E-state index contributed by atoms with van der Waals surface area (Å²) >= 11 is 0. The normalized spacial score (nSPS) is 13.2. The average molecular weight is 311 g/mol. The Morgan fingerprint density at radius 3 is 2.30 bits per heavy atom. The van der Waals surface area contributed by atoms with Crippen LogP contribution >= 0.6 is 0 Å². The number of hydrogen-bond donors (Lipinski definition) is 3. The Kier molecular flexibility index (Phi) is 5.77. The van der Waals surface area contributed by atoms with Crippen LogP contribution in [0.25, 0.3) is 0 Å². The highest BCUT2D eigenvalue weighted by Crippen LogP contribution is 2.15. The number of hydrogen-bond acceptors (Lipinski definition) is 3. The minimum absolute atomic E-state index is 0.144. The van der Waals surface area contributed by atoms with Gasteiger partial charge in [-0.2, -0.15) is 0 Å². The number of nitrogens with one attached hydrogen (secondary N) is 2. The predicted molar refractivity (Wildman–Crippen MR) is 96.3 cm³/mol. The Labute approximate surface area is 138 Å². The van der Waals surface area contributed by atoms with Crippen LogP contribution in [0.4, 0.5) is 11.4 Å². The molecule has 23 heavy (non-hydrogen) atoms. The quantitative estimate of drug-likeness (QED) is 0.729. The van der Waals surface area contributed by atoms with Crippen LogP contribution in [0.15, 0.2) is 54.6 Å². The van der Waals surface area contributed by atoms with Crippen molar-refractivity contribution in [2.24, 2.45) is 5.73 Å². The molecule has 4 heteroatoms. The average Bonchev–Trinajstić information content (AvgIpc) is 2.55. The standard InChI is InChI=1S/C19H25N3O/c1-3-13-19(2,20)18(23)22-17-11-9-15(10-12-17)14-21-16-7-5-4-6-8-16/h4-12,21H,3,13-14,20H2,1-2H3,(H,22,23). The predicted octanol–water partition coefficient (Wildman–Crippen LogP) is 3.75. The summed E-state index contributed by atoms with van der Waals surface area (Å²) in [6.07, 6.45) is 1.54. The van der Waals surface area contributed by atoms with E-state index in [4.69, 9.17) is 5.73 Å². The Morgan fingerprint density at radius 1 is 1.04 bits per heavy atom. The maximum atomic E-state index is 12.2. The maximum absolute atomic E-state index is 12.2. The number of carbonyl (C=O) groups is 1. The third-order valence-corrected chi connectivity index (χ3v) is 3.77. The van der Waals surface area contributed by atoms with E-state index in [0.717, 1.165) is 29.9 Å². The molecule has 1 unspecified atom stereocenters. The van der Waals surface area contributed by atoms with Gasteiger partial charge in [0.25, 0.3) is 0 Å². The van der Waals surface area contributed by atoms with Crippen molar-refractivity contribution in [2.75, 3.05) is 10.6 Å². The maximum Gasteiger partial charge on any atom is 0.244 e. The van der Waals surface area contributed by atoms with Crippen LogP contribution < -0.4 is 16.4 Å². The molecule has 0 aliphatic heterocycles. The van der Waals surface area contributed by atoms with Crippen LogP contribution in [0, 0.1) is 0 Å². The van der Waals surface area contributed by atoms with Crippen molar-refractivity contribution in [3.05, 3.63) is 60.2 Å². The molecule has 0 fully saturated rings. The summed E-state index contributed by atoms with van der Waals surface area (Å²) in [6, 6.07) is 17.9. The van der Waals surface area contributed by atoms with Gasteiger partial charge in [0, 0.05) is 17.9 Å². The van der Waals surface area contributed by atoms with E-state index in [1.54, 1.807) is 6.92 Å². The van der Waals surface area contributed by atoms with Gasteiger partial charge < -0.3 is 16.4 Å². The van der Waals surface area contributed by atoms with Crippen LogP contribution in [-0.2, 0) is 11.3 Å². The molecule has 0 bridgehead atoms. The fourth-order valence-corrected chi connectivity index (χ4v) is 2.37. The molecule has 0 saturated heterocycles. The van der Waals surface area contributed by atoms with Gasteiger partial charge in [-0.15, -0.1) is 0 Å². The van der Waals surface area contributed by atoms with Crippen LogP contribution in [0.5, 0.6) is 0 Å². The number of rotatable bonds is 7. The molecule has 0 heterocycles. The number of benzene rings is 2. The summed E-state index contributed by atoms with van der Waals surface area (Å²) < 4.78 is 0. The van der Waals surface area contributed by atoms with E-state index < -0.39 is 5.54 Å². The monoisotopic (exact) mass is 311 g/mol. The smallest absolute Gasteiger partial charge is 0.244 e. The van der Waals surface area contributed by atoms with Gasteiger partial charge in [0.2, 0.25) is 5.91 Å². The van der Waals surface area contributed by atoms with E-state index in [9.17, 15) is 4.79 Å². The molecule has 2 aromatic carbocycles. The minimum Gasteiger partial charge on any atom is -0.381 e. The Balaban J connectivity index is 1.90. The highest BCUT2D eigenvalue weighted by atomic mass is 16.2. The van der Waals surface area contributed by atoms with Gasteiger partial charge in [0.1, 0.15) is 0 Å². The van der Waals surface area contributed by atoms with Crippen molar-refractivity contribution >= 4 is 17.3 Å². The van der Waals surface area contributed by atoms with E-state index in [1.807, 2.05) is 61.5 Å². The second kappa shape index (κ2) is 7.79. The van der Waals surface area contributed by atoms with Gasteiger partial charge in [-0.25, -0.2) is 0 Å². The summed E-state index contributed by atoms with van der Waals surface area (Å²) in [4.78, 5) is 12.2. The van der Waals surface area contributed by atoms with Crippen LogP contribution in [0.2, 0.25) is 0 Å². The minimum atomic E-state index is -0.831. The molecular formula is C19H25N3O. The Morgan fingerprint density at radius 2 is 1.70 bits per heavy atom. The lowest BCUT2D eigenvalue weighted by Crippen LogP contribution is -2.48. The van der Waals surface area contributed by atoms with Crippen LogP contribution in [-0.4, -0.2) is 11.4 Å². The Hall–Kier alpha value is -2.33. The number of amides is 1. The zero-order chi connectivity index (χ0) is 16.7. The van der Waals surface area contributed by atoms with Gasteiger partial charge in [-0.3, -0.25) is 4.79 Å². The molecule has 122 valence electrons. The van der Waals surface area contributed by atoms with Crippen molar-refractivity contribution in [2.45, 2.75) is 38.8 Å². The summed E-state index contributed by atoms with van der Waals surface area (Å²) in [5, 5.41) is 6.24. The molecule has 1 amide bonds. The first kappa shape index (κ1) is 17.0. The highest BCUT2D eigenvalue weighted by molar-refractivity contribution is 5.97. The molecule has 0 radical (unpaired) electrons. The second-order valence-electron chi connectivity index (χ2n) is 6.04. The van der Waals surface area contributed by atoms with Gasteiger partial charge >= 0.3 is 0 Å². The summed E-state index contributed by atoms with van der Waals surface area (Å²) in [5.74, 6) is -0.144. The Bertz CT molecular complexity index is 621. The van der Waals surface area contributed by atoms with E-state index in [-0.39, 0.29) is 5.91 Å². The molecule has 4 N–H and O–H groups in total. The summed E-state index contributed by atoms with van der Waals surface area (Å²) in [5.41, 5.74) is 8.21. The van der Waals surface area contributed by atoms with Gasteiger partial charge in [0.05, 0.1) is 5.54 Å². The molecule has 1 atom stereocenters. The largest absolute Gasteiger partial charge is 0.381 e. The van der Waals surface area contributed by atoms with E-state index in [0.29, 0.717) is 6.42 Å². The molecule has 0 aromatic heterocycles. The van der Waals surface area contributed by atoms with Crippen molar-refractivity contribution < 1.29 is 4.79 Å². The first-order valence-corrected chi connectivity index (χ1v) is 7.99. The van der Waals surface area contributed by atoms with Gasteiger partial charge in [-0.05, 0) is 43.2 Å². The van der Waals surface area contributed by atoms with Crippen molar-refractivity contribution in [1.29, 1.82) is 0 Å². The number of anilines is 2. The third-order valence-electron chi connectivity index (χ3n) is 3.77. The number of para-hydroxylation sites is 1. The van der Waals surface area contributed by atoms with Gasteiger partial charge in [0.15, 0.2) is 0 Å².